The van der Waals surface area contributed by atoms with Gasteiger partial charge in [0, 0.05) is 38.7 Å². The molecule has 0 fully saturated rings. The minimum atomic E-state index is -6.24. The molecule has 0 N–H and O–H groups in total. The van der Waals surface area contributed by atoms with E-state index in [1.165, 1.54) is 0 Å². The summed E-state index contributed by atoms with van der Waals surface area (Å²) < 4.78 is 129. The third-order valence-electron chi connectivity index (χ3n) is 4.97. The molecule has 0 bridgehead atoms. The van der Waals surface area contributed by atoms with E-state index in [0.717, 1.165) is 6.42 Å². The van der Waals surface area contributed by atoms with Crippen molar-refractivity contribution >= 4 is 8.80 Å². The Labute approximate surface area is 186 Å². The third-order valence-corrected chi connectivity index (χ3v) is 8.13. The first-order valence-electron chi connectivity index (χ1n) is 11.1. The van der Waals surface area contributed by atoms with Crippen LogP contribution in [0.4, 0.5) is 35.1 Å². The lowest BCUT2D eigenvalue weighted by atomic mass is 9.92. The van der Waals surface area contributed by atoms with Crippen LogP contribution >= 0.6 is 0 Å². The summed E-state index contributed by atoms with van der Waals surface area (Å²) in [5.74, 6) is -23.1. The van der Waals surface area contributed by atoms with Crippen LogP contribution in [0.5, 0.6) is 0 Å². The van der Waals surface area contributed by atoms with Crippen molar-refractivity contribution in [3.05, 3.63) is 0 Å². The highest BCUT2D eigenvalue weighted by molar-refractivity contribution is 6.60. The van der Waals surface area contributed by atoms with E-state index in [1.54, 1.807) is 20.8 Å². The SMILES string of the molecule is CCCCCCCC(F)(F)C(F)(F)C(F)(F)C(F)(F)CCC[Si](OCC)(OCC)OCC. The summed E-state index contributed by atoms with van der Waals surface area (Å²) in [6.45, 7) is 6.91. The zero-order valence-electron chi connectivity index (χ0n) is 19.2. The lowest BCUT2D eigenvalue weighted by Crippen LogP contribution is -2.62. The highest BCUT2D eigenvalue weighted by Gasteiger charge is 2.79. The molecule has 0 heterocycles. The van der Waals surface area contributed by atoms with Crippen molar-refractivity contribution in [2.75, 3.05) is 19.8 Å². The number of hydrogen-bond acceptors (Lipinski definition) is 3. The van der Waals surface area contributed by atoms with Crippen molar-refractivity contribution in [1.82, 2.24) is 0 Å². The molecular weight excluding hydrogens is 468 g/mol. The number of alkyl halides is 8. The molecule has 0 spiro atoms. The van der Waals surface area contributed by atoms with Crippen LogP contribution in [0.25, 0.3) is 0 Å². The van der Waals surface area contributed by atoms with Gasteiger partial charge in [0.05, 0.1) is 0 Å². The standard InChI is InChI=1S/C20H36F8O3Si/c1-5-9-10-11-12-14-17(21,22)19(25,26)20(27,28)18(23,24)15-13-16-32(29-6-2,30-7-3)31-8-4/h5-16H2,1-4H3. The van der Waals surface area contributed by atoms with Crippen LogP contribution in [-0.4, -0.2) is 52.3 Å². The van der Waals surface area contributed by atoms with E-state index in [2.05, 4.69) is 0 Å². The fourth-order valence-corrected chi connectivity index (χ4v) is 5.86. The third kappa shape index (κ3) is 8.09. The van der Waals surface area contributed by atoms with Gasteiger partial charge in [0.1, 0.15) is 0 Å². The summed E-state index contributed by atoms with van der Waals surface area (Å²) in [6.07, 6.45) is -2.50. The number of unbranched alkanes of at least 4 members (excludes halogenated alkanes) is 4. The van der Waals surface area contributed by atoms with Gasteiger partial charge < -0.3 is 13.3 Å². The molecule has 0 saturated carbocycles. The molecule has 32 heavy (non-hydrogen) atoms. The predicted molar refractivity (Wildman–Crippen MR) is 108 cm³/mol. The van der Waals surface area contributed by atoms with Crippen LogP contribution in [0, 0.1) is 0 Å². The van der Waals surface area contributed by atoms with Crippen molar-refractivity contribution in [1.29, 1.82) is 0 Å². The van der Waals surface area contributed by atoms with E-state index >= 15 is 0 Å². The Balaban J connectivity index is 5.30. The first-order chi connectivity index (χ1) is 14.7. The van der Waals surface area contributed by atoms with Gasteiger partial charge in [-0.2, -0.15) is 35.1 Å². The quantitative estimate of drug-likeness (QED) is 0.102. The summed E-state index contributed by atoms with van der Waals surface area (Å²) in [5, 5.41) is 0. The van der Waals surface area contributed by atoms with Crippen molar-refractivity contribution in [2.45, 2.75) is 109 Å². The van der Waals surface area contributed by atoms with Gasteiger partial charge in [0.2, 0.25) is 0 Å². The minimum Gasteiger partial charge on any atom is -0.374 e. The summed E-state index contributed by atoms with van der Waals surface area (Å²) in [6, 6.07) is -0.340. The molecule has 0 aromatic rings. The second-order valence-corrected chi connectivity index (χ2v) is 10.3. The molecule has 0 aromatic carbocycles. The molecule has 0 aliphatic rings. The monoisotopic (exact) mass is 504 g/mol. The maximum atomic E-state index is 14.2. The van der Waals surface area contributed by atoms with Gasteiger partial charge >= 0.3 is 32.5 Å². The van der Waals surface area contributed by atoms with Crippen LogP contribution in [0.3, 0.4) is 0 Å². The van der Waals surface area contributed by atoms with Crippen LogP contribution < -0.4 is 0 Å². The lowest BCUT2D eigenvalue weighted by molar-refractivity contribution is -0.368. The highest BCUT2D eigenvalue weighted by atomic mass is 28.4. The zero-order chi connectivity index (χ0) is 25.1. The molecule has 0 aliphatic heterocycles. The molecule has 0 saturated heterocycles. The fourth-order valence-electron chi connectivity index (χ4n) is 3.25. The lowest BCUT2D eigenvalue weighted by Gasteiger charge is -2.37. The van der Waals surface area contributed by atoms with E-state index in [-0.39, 0.29) is 32.3 Å². The summed E-state index contributed by atoms with van der Waals surface area (Å²) in [5.41, 5.74) is 0. The molecule has 0 unspecified atom stereocenters. The molecule has 0 radical (unpaired) electrons. The van der Waals surface area contributed by atoms with Crippen molar-refractivity contribution in [3.63, 3.8) is 0 Å². The number of halogens is 8. The van der Waals surface area contributed by atoms with E-state index in [4.69, 9.17) is 13.3 Å². The number of hydrogen-bond donors (Lipinski definition) is 0. The van der Waals surface area contributed by atoms with Gasteiger partial charge in [0.15, 0.2) is 0 Å². The molecule has 0 aliphatic carbocycles. The Morgan fingerprint density at radius 1 is 0.531 bits per heavy atom. The largest absolute Gasteiger partial charge is 0.500 e. The average Bonchev–Trinajstić information content (AvgIpc) is 2.67. The van der Waals surface area contributed by atoms with E-state index in [9.17, 15) is 35.1 Å². The van der Waals surface area contributed by atoms with E-state index in [1.807, 2.05) is 6.92 Å². The fraction of sp³-hybridized carbons (Fsp3) is 1.00. The molecule has 0 amide bonds. The van der Waals surface area contributed by atoms with Gasteiger partial charge in [-0.25, -0.2) is 0 Å². The van der Waals surface area contributed by atoms with Crippen LogP contribution in [0.2, 0.25) is 6.04 Å². The van der Waals surface area contributed by atoms with E-state index in [0.29, 0.717) is 12.8 Å². The molecule has 0 atom stereocenters. The second-order valence-electron chi connectivity index (χ2n) is 7.56. The Morgan fingerprint density at radius 3 is 1.28 bits per heavy atom. The topological polar surface area (TPSA) is 27.7 Å². The van der Waals surface area contributed by atoms with E-state index < -0.39 is 58.2 Å². The smallest absolute Gasteiger partial charge is 0.374 e. The maximum absolute atomic E-state index is 14.2. The van der Waals surface area contributed by atoms with Crippen LogP contribution in [0.1, 0.15) is 79.1 Å². The van der Waals surface area contributed by atoms with Gasteiger partial charge in [-0.15, -0.1) is 0 Å². The maximum Gasteiger partial charge on any atom is 0.500 e. The van der Waals surface area contributed by atoms with Crippen molar-refractivity contribution in [2.24, 2.45) is 0 Å². The van der Waals surface area contributed by atoms with Gasteiger partial charge in [-0.3, -0.25) is 0 Å². The Morgan fingerprint density at radius 2 is 0.906 bits per heavy atom. The van der Waals surface area contributed by atoms with Crippen molar-refractivity contribution < 1.29 is 48.4 Å². The first-order valence-corrected chi connectivity index (χ1v) is 13.1. The Bertz CT molecular complexity index is 504. The molecular formula is C20H36F8O3Si. The molecule has 0 aromatic heterocycles. The molecule has 0 rings (SSSR count). The number of rotatable bonds is 19. The van der Waals surface area contributed by atoms with Gasteiger partial charge in [-0.1, -0.05) is 32.6 Å². The summed E-state index contributed by atoms with van der Waals surface area (Å²) >= 11 is 0. The molecule has 3 nitrogen and oxygen atoms in total. The van der Waals surface area contributed by atoms with Crippen molar-refractivity contribution in [3.8, 4) is 0 Å². The van der Waals surface area contributed by atoms with Crippen LogP contribution in [0.15, 0.2) is 0 Å². The average molecular weight is 505 g/mol. The Kier molecular flexibility index (Phi) is 13.2. The van der Waals surface area contributed by atoms with Crippen LogP contribution in [-0.2, 0) is 13.3 Å². The summed E-state index contributed by atoms with van der Waals surface area (Å²) in [4.78, 5) is 0. The predicted octanol–water partition coefficient (Wildman–Crippen LogP) is 7.72. The van der Waals surface area contributed by atoms with Gasteiger partial charge in [0.25, 0.3) is 0 Å². The summed E-state index contributed by atoms with van der Waals surface area (Å²) in [7, 11) is -3.48. The normalized spacial score (nSPS) is 14.2. The highest BCUT2D eigenvalue weighted by Crippen LogP contribution is 2.55. The molecule has 12 heteroatoms. The van der Waals surface area contributed by atoms with Gasteiger partial charge in [-0.05, 0) is 33.6 Å². The first kappa shape index (κ1) is 31.5. The minimum absolute atomic E-state index is 0.0985. The Hall–Kier alpha value is -0.463. The molecule has 194 valence electrons. The second kappa shape index (κ2) is 13.4. The zero-order valence-corrected chi connectivity index (χ0v) is 20.2.